The van der Waals surface area contributed by atoms with E-state index in [1.807, 2.05) is 18.2 Å². The normalized spacial score (nSPS) is 14.6. The zero-order chi connectivity index (χ0) is 12.5. The van der Waals surface area contributed by atoms with Crippen LogP contribution in [0.5, 0.6) is 0 Å². The van der Waals surface area contributed by atoms with Crippen LogP contribution in [0.4, 0.5) is 5.69 Å². The first-order valence-electron chi connectivity index (χ1n) is 6.01. The van der Waals surface area contributed by atoms with Crippen LogP contribution in [0.3, 0.4) is 0 Å². The lowest BCUT2D eigenvalue weighted by Crippen LogP contribution is -2.19. The van der Waals surface area contributed by atoms with Crippen LogP contribution in [0.15, 0.2) is 46.9 Å². The van der Waals surface area contributed by atoms with E-state index in [4.69, 9.17) is 11.6 Å². The smallest absolute Gasteiger partial charge is 0.0488 e. The van der Waals surface area contributed by atoms with Crippen LogP contribution in [0, 0.1) is 0 Å². The summed E-state index contributed by atoms with van der Waals surface area (Å²) in [6.07, 6.45) is 2.18. The van der Waals surface area contributed by atoms with Gasteiger partial charge in [-0.15, -0.1) is 0 Å². The topological polar surface area (TPSA) is 12.0 Å². The molecule has 0 saturated carbocycles. The Hall–Kier alpha value is -0.990. The summed E-state index contributed by atoms with van der Waals surface area (Å²) in [7, 11) is 0. The fourth-order valence-corrected chi connectivity index (χ4v) is 3.28. The van der Waals surface area contributed by atoms with E-state index in [9.17, 15) is 0 Å². The molecule has 3 rings (SSSR count). The van der Waals surface area contributed by atoms with Crippen molar-refractivity contribution in [2.75, 3.05) is 5.32 Å². The van der Waals surface area contributed by atoms with Crippen LogP contribution in [0.25, 0.3) is 0 Å². The summed E-state index contributed by atoms with van der Waals surface area (Å²) in [5, 5.41) is 4.33. The van der Waals surface area contributed by atoms with Crippen molar-refractivity contribution in [2.45, 2.75) is 18.9 Å². The molecule has 92 valence electrons. The highest BCUT2D eigenvalue weighted by Crippen LogP contribution is 2.29. The molecular weight excluding hydrogens is 310 g/mol. The van der Waals surface area contributed by atoms with Gasteiger partial charge in [-0.3, -0.25) is 0 Å². The predicted octanol–water partition coefficient (Wildman–Crippen LogP) is 4.68. The van der Waals surface area contributed by atoms with Gasteiger partial charge in [-0.25, -0.2) is 0 Å². The predicted molar refractivity (Wildman–Crippen MR) is 80.4 cm³/mol. The highest BCUT2D eigenvalue weighted by Gasteiger charge is 2.21. The second-order valence-corrected chi connectivity index (χ2v) is 5.93. The van der Waals surface area contributed by atoms with Gasteiger partial charge in [0.15, 0.2) is 0 Å². The maximum absolute atomic E-state index is 5.95. The molecule has 2 aromatic rings. The van der Waals surface area contributed by atoms with E-state index in [2.05, 4.69) is 45.5 Å². The van der Waals surface area contributed by atoms with E-state index >= 15 is 0 Å². The van der Waals surface area contributed by atoms with Crippen molar-refractivity contribution in [3.8, 4) is 0 Å². The SMILES string of the molecule is Clc1ccc(NC2Cc3ccccc3C2)c(Br)c1. The average Bonchev–Trinajstić information content (AvgIpc) is 2.75. The number of benzene rings is 2. The molecule has 0 unspecified atom stereocenters. The Labute approximate surface area is 120 Å². The molecule has 0 bridgehead atoms. The lowest BCUT2D eigenvalue weighted by atomic mass is 10.1. The molecular formula is C15H13BrClN. The second kappa shape index (κ2) is 4.94. The molecule has 1 N–H and O–H groups in total. The van der Waals surface area contributed by atoms with Crippen molar-refractivity contribution in [2.24, 2.45) is 0 Å². The van der Waals surface area contributed by atoms with Gasteiger partial charge < -0.3 is 5.32 Å². The quantitative estimate of drug-likeness (QED) is 0.846. The minimum Gasteiger partial charge on any atom is -0.381 e. The van der Waals surface area contributed by atoms with Crippen molar-refractivity contribution in [1.82, 2.24) is 0 Å². The standard InChI is InChI=1S/C15H13BrClN/c16-14-9-12(17)5-6-15(14)18-13-7-10-3-1-2-4-11(10)8-13/h1-6,9,13,18H,7-8H2. The molecule has 1 aliphatic rings. The monoisotopic (exact) mass is 321 g/mol. The minimum atomic E-state index is 0.472. The first kappa shape index (κ1) is 12.1. The molecule has 0 heterocycles. The Kier molecular flexibility index (Phi) is 3.31. The van der Waals surface area contributed by atoms with Crippen LogP contribution in [0.1, 0.15) is 11.1 Å². The number of nitrogens with one attached hydrogen (secondary N) is 1. The van der Waals surface area contributed by atoms with Gasteiger partial charge in [-0.2, -0.15) is 0 Å². The number of hydrogen-bond donors (Lipinski definition) is 1. The number of hydrogen-bond acceptors (Lipinski definition) is 1. The van der Waals surface area contributed by atoms with Crippen LogP contribution in [-0.2, 0) is 12.8 Å². The molecule has 0 fully saturated rings. The van der Waals surface area contributed by atoms with Gasteiger partial charge in [0.1, 0.15) is 0 Å². The molecule has 0 spiro atoms. The van der Waals surface area contributed by atoms with Gasteiger partial charge in [-0.05, 0) is 58.1 Å². The Bertz CT molecular complexity index is 557. The van der Waals surface area contributed by atoms with Crippen LogP contribution in [0.2, 0.25) is 5.02 Å². The van der Waals surface area contributed by atoms with Gasteiger partial charge in [0.25, 0.3) is 0 Å². The zero-order valence-electron chi connectivity index (χ0n) is 9.79. The van der Waals surface area contributed by atoms with E-state index in [1.165, 1.54) is 11.1 Å². The highest BCUT2D eigenvalue weighted by molar-refractivity contribution is 9.10. The van der Waals surface area contributed by atoms with Gasteiger partial charge >= 0.3 is 0 Å². The third-order valence-electron chi connectivity index (χ3n) is 3.34. The first-order valence-corrected chi connectivity index (χ1v) is 7.18. The fraction of sp³-hybridized carbons (Fsp3) is 0.200. The molecule has 1 nitrogen and oxygen atoms in total. The maximum Gasteiger partial charge on any atom is 0.0488 e. The van der Waals surface area contributed by atoms with E-state index in [0.717, 1.165) is 28.0 Å². The first-order chi connectivity index (χ1) is 8.72. The molecule has 0 atom stereocenters. The molecule has 0 aromatic heterocycles. The van der Waals surface area contributed by atoms with Gasteiger partial charge in [-0.1, -0.05) is 35.9 Å². The van der Waals surface area contributed by atoms with E-state index in [-0.39, 0.29) is 0 Å². The Morgan fingerprint density at radius 3 is 2.33 bits per heavy atom. The summed E-state index contributed by atoms with van der Waals surface area (Å²) in [5.41, 5.74) is 4.03. The van der Waals surface area contributed by atoms with Crippen molar-refractivity contribution in [3.63, 3.8) is 0 Å². The lowest BCUT2D eigenvalue weighted by molar-refractivity contribution is 0.774. The maximum atomic E-state index is 5.95. The molecule has 0 saturated heterocycles. The minimum absolute atomic E-state index is 0.472. The average molecular weight is 323 g/mol. The molecule has 0 aliphatic heterocycles. The third kappa shape index (κ3) is 2.40. The molecule has 18 heavy (non-hydrogen) atoms. The summed E-state index contributed by atoms with van der Waals surface area (Å²) in [6.45, 7) is 0. The number of rotatable bonds is 2. The van der Waals surface area contributed by atoms with E-state index < -0.39 is 0 Å². The fourth-order valence-electron chi connectivity index (χ4n) is 2.49. The summed E-state index contributed by atoms with van der Waals surface area (Å²) in [5.74, 6) is 0. The van der Waals surface area contributed by atoms with Crippen molar-refractivity contribution >= 4 is 33.2 Å². The summed E-state index contributed by atoms with van der Waals surface area (Å²) < 4.78 is 1.02. The Morgan fingerprint density at radius 2 is 1.72 bits per heavy atom. The van der Waals surface area contributed by atoms with Crippen molar-refractivity contribution < 1.29 is 0 Å². The molecule has 3 heteroatoms. The Balaban J connectivity index is 1.76. The third-order valence-corrected chi connectivity index (χ3v) is 4.23. The van der Waals surface area contributed by atoms with Crippen LogP contribution < -0.4 is 5.32 Å². The highest BCUT2D eigenvalue weighted by atomic mass is 79.9. The summed E-state index contributed by atoms with van der Waals surface area (Å²) in [6, 6.07) is 15.0. The largest absolute Gasteiger partial charge is 0.381 e. The van der Waals surface area contributed by atoms with Crippen molar-refractivity contribution in [1.29, 1.82) is 0 Å². The van der Waals surface area contributed by atoms with Gasteiger partial charge in [0.2, 0.25) is 0 Å². The van der Waals surface area contributed by atoms with Gasteiger partial charge in [0.05, 0.1) is 0 Å². The van der Waals surface area contributed by atoms with Crippen LogP contribution in [-0.4, -0.2) is 6.04 Å². The molecule has 0 radical (unpaired) electrons. The van der Waals surface area contributed by atoms with Crippen LogP contribution >= 0.6 is 27.5 Å². The zero-order valence-corrected chi connectivity index (χ0v) is 12.1. The van der Waals surface area contributed by atoms with E-state index in [1.54, 1.807) is 0 Å². The molecule has 2 aromatic carbocycles. The lowest BCUT2D eigenvalue weighted by Gasteiger charge is -2.15. The number of fused-ring (bicyclic) bond motifs is 1. The Morgan fingerprint density at radius 1 is 1.06 bits per heavy atom. The molecule has 0 amide bonds. The molecule has 1 aliphatic carbocycles. The second-order valence-electron chi connectivity index (χ2n) is 4.64. The number of halogens is 2. The van der Waals surface area contributed by atoms with Gasteiger partial charge in [0, 0.05) is 21.2 Å². The van der Waals surface area contributed by atoms with E-state index in [0.29, 0.717) is 6.04 Å². The number of anilines is 1. The van der Waals surface area contributed by atoms with Crippen molar-refractivity contribution in [3.05, 3.63) is 63.1 Å². The summed E-state index contributed by atoms with van der Waals surface area (Å²) >= 11 is 9.49. The summed E-state index contributed by atoms with van der Waals surface area (Å²) in [4.78, 5) is 0.